The predicted molar refractivity (Wildman–Crippen MR) is 177 cm³/mol. The Hall–Kier alpha value is -4.52. The summed E-state index contributed by atoms with van der Waals surface area (Å²) in [5, 5.41) is 8.04. The minimum Gasteiger partial charge on any atom is -0.444 e. The number of rotatable bonds is 20. The number of ether oxygens (including phenoxy) is 1. The summed E-state index contributed by atoms with van der Waals surface area (Å²) in [5.74, 6) is -1.14. The molecule has 0 radical (unpaired) electrons. The summed E-state index contributed by atoms with van der Waals surface area (Å²) in [5.41, 5.74) is 16.7. The van der Waals surface area contributed by atoms with Crippen LogP contribution in [0.4, 0.5) is 38.2 Å². The second-order valence-corrected chi connectivity index (χ2v) is 12.0. The molecule has 0 aromatic carbocycles. The zero-order chi connectivity index (χ0) is 37.7. The number of guanidine groups is 2. The van der Waals surface area contributed by atoms with E-state index in [1.165, 1.54) is 36.2 Å². The summed E-state index contributed by atoms with van der Waals surface area (Å²) in [6.07, 6.45) is -1.75. The Morgan fingerprint density at radius 2 is 1.29 bits per heavy atom. The number of thioether (sulfide) groups is 2. The highest BCUT2D eigenvalue weighted by Crippen LogP contribution is 2.18. The van der Waals surface area contributed by atoms with Crippen LogP contribution in [0.25, 0.3) is 0 Å². The van der Waals surface area contributed by atoms with Crippen molar-refractivity contribution in [3.05, 3.63) is 24.8 Å². The summed E-state index contributed by atoms with van der Waals surface area (Å²) in [6.45, 7) is -2.52. The molecule has 0 saturated heterocycles. The van der Waals surface area contributed by atoms with Gasteiger partial charge in [-0.15, -0.1) is 0 Å². The van der Waals surface area contributed by atoms with Crippen molar-refractivity contribution in [1.82, 2.24) is 35.2 Å². The third-order valence-corrected chi connectivity index (χ3v) is 7.44. The van der Waals surface area contributed by atoms with E-state index in [1.54, 1.807) is 0 Å². The van der Waals surface area contributed by atoms with Gasteiger partial charge in [-0.25, -0.2) is 34.7 Å². The normalized spacial score (nSPS) is 13.2. The number of hydrogen-bond acceptors (Lipinski definition) is 14. The molecule has 2 rings (SSSR count). The van der Waals surface area contributed by atoms with Gasteiger partial charge in [0.25, 0.3) is 0 Å². The lowest BCUT2D eigenvalue weighted by Crippen LogP contribution is -2.27. The molecule has 25 heteroatoms. The van der Waals surface area contributed by atoms with Gasteiger partial charge in [0.2, 0.25) is 17.8 Å². The van der Waals surface area contributed by atoms with Gasteiger partial charge in [-0.2, -0.15) is 36.3 Å². The molecule has 0 aliphatic rings. The summed E-state index contributed by atoms with van der Waals surface area (Å²) in [6, 6.07) is 0. The van der Waals surface area contributed by atoms with E-state index < -0.39 is 55.5 Å². The average molecular weight is 771 g/mol. The maximum absolute atomic E-state index is 12.2. The molecule has 0 bridgehead atoms. The molecule has 9 N–H and O–H groups in total. The number of nitrogens with zero attached hydrogens (tertiary/aromatic N) is 8. The van der Waals surface area contributed by atoms with E-state index in [1.807, 2.05) is 0 Å². The smallest absolute Gasteiger partial charge is 0.408 e. The lowest BCUT2D eigenvalue weighted by molar-refractivity contribution is -0.143. The van der Waals surface area contributed by atoms with Crippen LogP contribution >= 0.6 is 23.5 Å². The van der Waals surface area contributed by atoms with E-state index in [-0.39, 0.29) is 11.9 Å². The predicted octanol–water partition coefficient (Wildman–Crippen LogP) is 2.36. The van der Waals surface area contributed by atoms with Crippen molar-refractivity contribution in [3.8, 4) is 0 Å². The number of aromatic nitrogens is 6. The first-order valence-electron chi connectivity index (χ1n) is 14.9. The van der Waals surface area contributed by atoms with Crippen LogP contribution < -0.4 is 33.2 Å². The van der Waals surface area contributed by atoms with Crippen LogP contribution in [0.3, 0.4) is 0 Å². The van der Waals surface area contributed by atoms with Gasteiger partial charge in [0.05, 0.1) is 0 Å². The summed E-state index contributed by atoms with van der Waals surface area (Å²) in [4.78, 5) is 53.9. The van der Waals surface area contributed by atoms with Crippen molar-refractivity contribution in [2.24, 2.45) is 27.2 Å². The fraction of sp³-hybridized carbons (Fsp3) is 0.538. The number of halogens is 6. The monoisotopic (exact) mass is 770 g/mol. The largest absolute Gasteiger partial charge is 0.444 e. The van der Waals surface area contributed by atoms with Crippen LogP contribution in [-0.2, 0) is 14.3 Å². The van der Waals surface area contributed by atoms with Crippen molar-refractivity contribution in [2.75, 3.05) is 41.8 Å². The number of esters is 1. The minimum absolute atomic E-state index is 0.0397. The fourth-order valence-corrected chi connectivity index (χ4v) is 4.93. The first kappa shape index (κ1) is 42.6. The molecular weight excluding hydrogens is 735 g/mol. The summed E-state index contributed by atoms with van der Waals surface area (Å²) in [7, 11) is 0. The van der Waals surface area contributed by atoms with Gasteiger partial charge in [-0.3, -0.25) is 21.2 Å². The van der Waals surface area contributed by atoms with Gasteiger partial charge >= 0.3 is 18.3 Å². The Balaban J connectivity index is 1.54. The molecule has 0 aliphatic carbocycles. The summed E-state index contributed by atoms with van der Waals surface area (Å²) < 4.78 is 78.5. The Morgan fingerprint density at radius 1 is 0.784 bits per heavy atom. The molecule has 1 amide bonds. The lowest BCUT2D eigenvalue weighted by Gasteiger charge is -2.11. The number of nitrogens with one attached hydrogen (secondary N) is 3. The van der Waals surface area contributed by atoms with E-state index in [9.17, 15) is 35.9 Å². The highest BCUT2D eigenvalue weighted by atomic mass is 32.2. The van der Waals surface area contributed by atoms with Crippen molar-refractivity contribution in [1.29, 1.82) is 0 Å². The number of alkyl halides is 6. The van der Waals surface area contributed by atoms with Crippen LogP contribution in [0.2, 0.25) is 0 Å². The number of nitrogens with two attached hydrogens (primary N) is 3. The lowest BCUT2D eigenvalue weighted by atomic mass is 10.2. The van der Waals surface area contributed by atoms with Crippen LogP contribution in [0.1, 0.15) is 38.5 Å². The maximum atomic E-state index is 12.2. The number of amides is 1. The number of aliphatic imine (C=N–C) groups is 2. The molecular formula is C26H36F6N14O3S2. The molecule has 0 aliphatic heterocycles. The Bertz CT molecular complexity index is 1480. The van der Waals surface area contributed by atoms with E-state index in [0.29, 0.717) is 54.0 Å². The number of carbonyl (C=O) groups excluding carboxylic acids is 2. The Labute approximate surface area is 296 Å². The average Bonchev–Trinajstić information content (AvgIpc) is 3.04. The van der Waals surface area contributed by atoms with Crippen LogP contribution in [-0.4, -0.2) is 103 Å². The van der Waals surface area contributed by atoms with Crippen molar-refractivity contribution >= 4 is 59.2 Å². The second kappa shape index (κ2) is 22.3. The molecule has 1 atom stereocenters. The number of anilines is 2. The molecule has 17 nitrogen and oxygen atoms in total. The van der Waals surface area contributed by atoms with Gasteiger partial charge < -0.3 is 21.5 Å². The molecule has 0 fully saturated rings. The number of unbranched alkanes of at least 4 members (excludes halogenated alkanes) is 3. The highest BCUT2D eigenvalue weighted by Gasteiger charge is 2.27. The molecule has 0 spiro atoms. The van der Waals surface area contributed by atoms with Gasteiger partial charge in [-0.1, -0.05) is 29.9 Å². The third kappa shape index (κ3) is 22.0. The van der Waals surface area contributed by atoms with Crippen LogP contribution in [0.15, 0.2) is 45.1 Å². The molecule has 282 valence electrons. The third-order valence-electron chi connectivity index (χ3n) is 5.54. The number of hydrogen-bond donors (Lipinski definition) is 6. The SMILES string of the molecule is NC(=NCC(F)(F)F)Nc1ncnc(SCCCCCNC(=O)/C=C\C(=O)OC(N)CCCCSc2ncnc(NC(N)=NCC(F)(F)F)n2)n1. The van der Waals surface area contributed by atoms with Crippen molar-refractivity contribution in [2.45, 2.75) is 67.4 Å². The van der Waals surface area contributed by atoms with E-state index in [4.69, 9.17) is 21.9 Å². The summed E-state index contributed by atoms with van der Waals surface area (Å²) >= 11 is 2.57. The molecule has 1 unspecified atom stereocenters. The standard InChI is InChI=1S/C26H36F6N14O3S2/c27-25(28,29)12-37-19(34)43-21-39-14-41-23(45-21)50-10-4-1-3-9-36-17(47)7-8-18(48)49-16(33)6-2-5-11-51-24-42-15-40-22(46-24)44-20(35)38-13-26(30,31)32/h7-8,14-16H,1-6,9-13,33H2,(H,36,47)(H3,34,37,39,41,43,45)(H3,35,38,40,42,44,46)/b8-7-. The first-order valence-corrected chi connectivity index (χ1v) is 16.9. The number of carbonyl (C=O) groups is 2. The quantitative estimate of drug-likeness (QED) is 0.0165. The topological polar surface area (TPSA) is 260 Å². The molecule has 0 saturated carbocycles. The van der Waals surface area contributed by atoms with Crippen molar-refractivity contribution < 1.29 is 40.7 Å². The van der Waals surface area contributed by atoms with E-state index in [0.717, 1.165) is 25.0 Å². The van der Waals surface area contributed by atoms with Gasteiger partial charge in [0.15, 0.2) is 28.5 Å². The fourth-order valence-electron chi connectivity index (χ4n) is 3.32. The Morgan fingerprint density at radius 3 is 1.80 bits per heavy atom. The van der Waals surface area contributed by atoms with Gasteiger partial charge in [0.1, 0.15) is 25.7 Å². The van der Waals surface area contributed by atoms with E-state index in [2.05, 4.69) is 55.8 Å². The van der Waals surface area contributed by atoms with Gasteiger partial charge in [-0.05, 0) is 32.1 Å². The van der Waals surface area contributed by atoms with Crippen LogP contribution in [0, 0.1) is 0 Å². The maximum Gasteiger partial charge on any atom is 0.408 e. The van der Waals surface area contributed by atoms with E-state index >= 15 is 0 Å². The molecule has 2 aromatic heterocycles. The molecule has 2 heterocycles. The van der Waals surface area contributed by atoms with Crippen molar-refractivity contribution in [3.63, 3.8) is 0 Å². The zero-order valence-electron chi connectivity index (χ0n) is 26.8. The Kier molecular flexibility index (Phi) is 18.7. The first-order chi connectivity index (χ1) is 24.1. The zero-order valence-corrected chi connectivity index (χ0v) is 28.4. The molecule has 2 aromatic rings. The van der Waals surface area contributed by atoms with Gasteiger partial charge in [0, 0.05) is 30.2 Å². The minimum atomic E-state index is -4.50. The highest BCUT2D eigenvalue weighted by molar-refractivity contribution is 7.99. The molecule has 51 heavy (non-hydrogen) atoms. The second-order valence-electron chi connectivity index (χ2n) is 9.92. The van der Waals surface area contributed by atoms with Crippen LogP contribution in [0.5, 0.6) is 0 Å².